The van der Waals surface area contributed by atoms with Crippen LogP contribution in [0.25, 0.3) is 5.65 Å². The topological polar surface area (TPSA) is 78.3 Å². The zero-order valence-electron chi connectivity index (χ0n) is 11.1. The van der Waals surface area contributed by atoms with Gasteiger partial charge in [0.05, 0.1) is 0 Å². The molecular formula is C12H18N6O. The quantitative estimate of drug-likeness (QED) is 0.811. The van der Waals surface area contributed by atoms with Crippen LogP contribution in [0.1, 0.15) is 19.8 Å². The fourth-order valence-electron chi connectivity index (χ4n) is 2.14. The Kier molecular flexibility index (Phi) is 2.98. The third kappa shape index (κ3) is 2.46. The van der Waals surface area contributed by atoms with Crippen LogP contribution in [0.15, 0.2) is 16.9 Å². The molecule has 7 heteroatoms. The number of hydrogen-bond donors (Lipinski definition) is 2. The summed E-state index contributed by atoms with van der Waals surface area (Å²) in [5, 5.41) is 13.7. The lowest BCUT2D eigenvalue weighted by Gasteiger charge is -2.24. The summed E-state index contributed by atoms with van der Waals surface area (Å²) in [5.74, 6) is 0.687. The fraction of sp³-hybridized carbons (Fsp3) is 0.583. The molecule has 2 heterocycles. The summed E-state index contributed by atoms with van der Waals surface area (Å²) in [6.07, 6.45) is 2.60. The van der Waals surface area contributed by atoms with Crippen LogP contribution in [0.4, 0.5) is 5.82 Å². The highest BCUT2D eigenvalue weighted by Gasteiger charge is 2.28. The highest BCUT2D eigenvalue weighted by molar-refractivity contribution is 5.42. The van der Waals surface area contributed by atoms with Crippen LogP contribution in [0.2, 0.25) is 0 Å². The Morgan fingerprint density at radius 2 is 2.37 bits per heavy atom. The van der Waals surface area contributed by atoms with Gasteiger partial charge in [-0.05, 0) is 38.9 Å². The molecule has 0 spiro atoms. The Bertz CT molecular complexity index is 628. The van der Waals surface area contributed by atoms with Crippen molar-refractivity contribution in [1.82, 2.24) is 24.7 Å². The summed E-state index contributed by atoms with van der Waals surface area (Å²) in [6.45, 7) is 2.99. The molecule has 0 amide bonds. The van der Waals surface area contributed by atoms with Gasteiger partial charge in [-0.2, -0.15) is 9.61 Å². The number of rotatable bonds is 5. The standard InChI is InChI=1S/C12H18N6O/c1-8(17(2)9-3-4-9)7-13-10-5-6-11-14-15-12(19)18(11)16-10/h5-6,8-9H,3-4,7H2,1-2H3,(H,13,16)(H,15,19). The van der Waals surface area contributed by atoms with Crippen LogP contribution in [0, 0.1) is 0 Å². The van der Waals surface area contributed by atoms with Crippen molar-refractivity contribution < 1.29 is 0 Å². The van der Waals surface area contributed by atoms with Crippen molar-refractivity contribution in [1.29, 1.82) is 0 Å². The zero-order valence-corrected chi connectivity index (χ0v) is 11.1. The maximum atomic E-state index is 11.4. The molecule has 0 aliphatic heterocycles. The van der Waals surface area contributed by atoms with Crippen LogP contribution < -0.4 is 11.0 Å². The minimum Gasteiger partial charge on any atom is -0.367 e. The second kappa shape index (κ2) is 4.65. The van der Waals surface area contributed by atoms with E-state index in [4.69, 9.17) is 0 Å². The van der Waals surface area contributed by atoms with Crippen molar-refractivity contribution in [2.75, 3.05) is 18.9 Å². The van der Waals surface area contributed by atoms with E-state index in [1.54, 1.807) is 6.07 Å². The molecule has 7 nitrogen and oxygen atoms in total. The third-order valence-electron chi connectivity index (χ3n) is 3.67. The summed E-state index contributed by atoms with van der Waals surface area (Å²) in [5.41, 5.74) is 0.209. The van der Waals surface area contributed by atoms with Gasteiger partial charge in [0.25, 0.3) is 0 Å². The van der Waals surface area contributed by atoms with Crippen molar-refractivity contribution in [3.8, 4) is 0 Å². The highest BCUT2D eigenvalue weighted by Crippen LogP contribution is 2.26. The van der Waals surface area contributed by atoms with Crippen molar-refractivity contribution in [2.45, 2.75) is 31.8 Å². The van der Waals surface area contributed by atoms with E-state index >= 15 is 0 Å². The molecule has 19 heavy (non-hydrogen) atoms. The first-order valence-electron chi connectivity index (χ1n) is 6.55. The molecule has 0 saturated heterocycles. The monoisotopic (exact) mass is 262 g/mol. The summed E-state index contributed by atoms with van der Waals surface area (Å²) in [7, 11) is 2.15. The number of aromatic amines is 1. The van der Waals surface area contributed by atoms with Gasteiger partial charge in [0, 0.05) is 18.6 Å². The molecule has 0 aromatic carbocycles. The van der Waals surface area contributed by atoms with E-state index in [0.717, 1.165) is 12.6 Å². The van der Waals surface area contributed by atoms with Gasteiger partial charge in [0.1, 0.15) is 5.82 Å². The molecule has 2 N–H and O–H groups in total. The van der Waals surface area contributed by atoms with Gasteiger partial charge in [-0.1, -0.05) is 0 Å². The fourth-order valence-corrected chi connectivity index (χ4v) is 2.14. The Morgan fingerprint density at radius 1 is 1.58 bits per heavy atom. The lowest BCUT2D eigenvalue weighted by atomic mass is 10.3. The summed E-state index contributed by atoms with van der Waals surface area (Å²) in [6, 6.07) is 4.77. The van der Waals surface area contributed by atoms with Crippen molar-refractivity contribution in [3.05, 3.63) is 22.6 Å². The van der Waals surface area contributed by atoms with E-state index in [1.807, 2.05) is 6.07 Å². The minimum absolute atomic E-state index is 0.318. The Balaban J connectivity index is 1.67. The first kappa shape index (κ1) is 12.2. The van der Waals surface area contributed by atoms with E-state index < -0.39 is 0 Å². The predicted octanol–water partition coefficient (Wildman–Crippen LogP) is 0.312. The molecule has 1 saturated carbocycles. The third-order valence-corrected chi connectivity index (χ3v) is 3.67. The SMILES string of the molecule is CC(CNc1ccc2n[nH]c(=O)n2n1)N(C)C1CC1. The lowest BCUT2D eigenvalue weighted by Crippen LogP contribution is -2.36. The molecule has 2 aromatic heterocycles. The van der Waals surface area contributed by atoms with Crippen LogP contribution >= 0.6 is 0 Å². The van der Waals surface area contributed by atoms with Crippen LogP contribution in [0.3, 0.4) is 0 Å². The highest BCUT2D eigenvalue weighted by atomic mass is 16.2. The first-order valence-corrected chi connectivity index (χ1v) is 6.55. The van der Waals surface area contributed by atoms with Gasteiger partial charge < -0.3 is 5.32 Å². The summed E-state index contributed by atoms with van der Waals surface area (Å²) < 4.78 is 1.26. The van der Waals surface area contributed by atoms with E-state index in [0.29, 0.717) is 17.5 Å². The van der Waals surface area contributed by atoms with Gasteiger partial charge in [0.15, 0.2) is 5.65 Å². The number of nitrogens with zero attached hydrogens (tertiary/aromatic N) is 4. The normalized spacial score (nSPS) is 17.0. The van der Waals surface area contributed by atoms with Crippen molar-refractivity contribution in [3.63, 3.8) is 0 Å². The molecule has 1 unspecified atom stereocenters. The second-order valence-electron chi connectivity index (χ2n) is 5.14. The summed E-state index contributed by atoms with van der Waals surface area (Å²) >= 11 is 0. The van der Waals surface area contributed by atoms with E-state index in [2.05, 4.69) is 39.5 Å². The molecule has 1 aliphatic rings. The molecule has 2 aromatic rings. The molecule has 102 valence electrons. The summed E-state index contributed by atoms with van der Waals surface area (Å²) in [4.78, 5) is 13.8. The molecular weight excluding hydrogens is 244 g/mol. The van der Waals surface area contributed by atoms with E-state index in [-0.39, 0.29) is 5.69 Å². The largest absolute Gasteiger partial charge is 0.367 e. The van der Waals surface area contributed by atoms with Crippen molar-refractivity contribution in [2.24, 2.45) is 0 Å². The van der Waals surface area contributed by atoms with Crippen LogP contribution in [-0.2, 0) is 0 Å². The van der Waals surface area contributed by atoms with Gasteiger partial charge in [-0.25, -0.2) is 9.89 Å². The van der Waals surface area contributed by atoms with Crippen LogP contribution in [0.5, 0.6) is 0 Å². The number of likely N-dealkylation sites (N-methyl/N-ethyl adjacent to an activating group) is 1. The maximum Gasteiger partial charge on any atom is 0.364 e. The Morgan fingerprint density at radius 3 is 3.11 bits per heavy atom. The first-order chi connectivity index (χ1) is 9.15. The zero-order chi connectivity index (χ0) is 13.4. The number of anilines is 1. The van der Waals surface area contributed by atoms with Crippen LogP contribution in [-0.4, -0.2) is 50.4 Å². The minimum atomic E-state index is -0.318. The molecule has 0 bridgehead atoms. The molecule has 1 aliphatic carbocycles. The smallest absolute Gasteiger partial charge is 0.364 e. The Labute approximate surface area is 110 Å². The average molecular weight is 262 g/mol. The molecule has 3 rings (SSSR count). The van der Waals surface area contributed by atoms with E-state index in [9.17, 15) is 4.79 Å². The molecule has 1 atom stereocenters. The van der Waals surface area contributed by atoms with Gasteiger partial charge in [-0.3, -0.25) is 4.90 Å². The maximum absolute atomic E-state index is 11.4. The lowest BCUT2D eigenvalue weighted by molar-refractivity contribution is 0.257. The molecule has 0 radical (unpaired) electrons. The number of H-pyrrole nitrogens is 1. The Hall–Kier alpha value is -1.89. The number of nitrogens with one attached hydrogen (secondary N) is 2. The van der Waals surface area contributed by atoms with Gasteiger partial charge in [0.2, 0.25) is 0 Å². The van der Waals surface area contributed by atoms with Gasteiger partial charge in [-0.15, -0.1) is 5.10 Å². The van der Waals surface area contributed by atoms with Gasteiger partial charge >= 0.3 is 5.69 Å². The average Bonchev–Trinajstić information content (AvgIpc) is 3.21. The number of aromatic nitrogens is 4. The van der Waals surface area contributed by atoms with Crippen molar-refractivity contribution >= 4 is 11.5 Å². The predicted molar refractivity (Wildman–Crippen MR) is 72.3 cm³/mol. The number of hydrogen-bond acceptors (Lipinski definition) is 5. The number of fused-ring (bicyclic) bond motifs is 1. The van der Waals surface area contributed by atoms with E-state index in [1.165, 1.54) is 17.4 Å². The molecule has 1 fully saturated rings. The second-order valence-corrected chi connectivity index (χ2v) is 5.14.